The highest BCUT2D eigenvalue weighted by atomic mass is 19.1. The molecule has 0 saturated heterocycles. The third-order valence-corrected chi connectivity index (χ3v) is 2.37. The number of nitrogens with two attached hydrogens (primary N) is 1. The highest BCUT2D eigenvalue weighted by molar-refractivity contribution is 5.59. The number of hydrogen-bond acceptors (Lipinski definition) is 4. The molecule has 0 bridgehead atoms. The molecule has 1 heterocycles. The first-order chi connectivity index (χ1) is 8.11. The zero-order valence-electron chi connectivity index (χ0n) is 9.57. The Morgan fingerprint density at radius 3 is 2.71 bits per heavy atom. The van der Waals surface area contributed by atoms with Gasteiger partial charge in [-0.3, -0.25) is 0 Å². The molecule has 1 aromatic heterocycles. The summed E-state index contributed by atoms with van der Waals surface area (Å²) in [5, 5.41) is 0. The Bertz CT molecular complexity index is 534. The monoisotopic (exact) mass is 233 g/mol. The van der Waals surface area contributed by atoms with Crippen LogP contribution < -0.4 is 10.5 Å². The Balaban J connectivity index is 2.52. The number of anilines is 1. The van der Waals surface area contributed by atoms with Gasteiger partial charge in [0.05, 0.1) is 12.8 Å². The summed E-state index contributed by atoms with van der Waals surface area (Å²) in [7, 11) is 1.57. The fourth-order valence-electron chi connectivity index (χ4n) is 1.47. The second-order valence-electron chi connectivity index (χ2n) is 3.56. The van der Waals surface area contributed by atoms with Gasteiger partial charge < -0.3 is 10.5 Å². The van der Waals surface area contributed by atoms with Gasteiger partial charge in [0.1, 0.15) is 5.75 Å². The van der Waals surface area contributed by atoms with Crippen LogP contribution in [0.2, 0.25) is 0 Å². The lowest BCUT2D eigenvalue weighted by molar-refractivity contribution is 0.415. The third-order valence-electron chi connectivity index (χ3n) is 2.37. The number of hydrogen-bond donors (Lipinski definition) is 1. The summed E-state index contributed by atoms with van der Waals surface area (Å²) >= 11 is 0. The van der Waals surface area contributed by atoms with E-state index in [0.717, 1.165) is 5.56 Å². The van der Waals surface area contributed by atoms with Gasteiger partial charge in [0.25, 0.3) is 0 Å². The van der Waals surface area contributed by atoms with E-state index in [2.05, 4.69) is 9.97 Å². The van der Waals surface area contributed by atoms with Crippen molar-refractivity contribution in [3.63, 3.8) is 0 Å². The molecule has 0 aliphatic rings. The van der Waals surface area contributed by atoms with E-state index in [-0.39, 0.29) is 11.5 Å². The number of rotatable bonds is 2. The summed E-state index contributed by atoms with van der Waals surface area (Å²) in [5.41, 5.74) is 6.44. The molecule has 17 heavy (non-hydrogen) atoms. The van der Waals surface area contributed by atoms with Gasteiger partial charge in [-0.15, -0.1) is 0 Å². The number of benzene rings is 1. The van der Waals surface area contributed by atoms with Gasteiger partial charge in [0, 0.05) is 5.56 Å². The van der Waals surface area contributed by atoms with E-state index in [1.165, 1.54) is 0 Å². The lowest BCUT2D eigenvalue weighted by atomic mass is 10.2. The van der Waals surface area contributed by atoms with E-state index in [9.17, 15) is 4.39 Å². The van der Waals surface area contributed by atoms with Crippen molar-refractivity contribution in [1.82, 2.24) is 9.97 Å². The standard InChI is InChI=1S/C12H12FN3O/c1-7-10(13)11(14)16-12(15-7)8-4-3-5-9(6-8)17-2/h3-6H,1-2H3,(H2,14,15,16). The molecule has 2 N–H and O–H groups in total. The minimum absolute atomic E-state index is 0.143. The molecule has 0 atom stereocenters. The van der Waals surface area contributed by atoms with Crippen LogP contribution in [0.3, 0.4) is 0 Å². The molecule has 0 spiro atoms. The SMILES string of the molecule is COc1cccc(-c2nc(C)c(F)c(N)n2)c1. The number of aryl methyl sites for hydroxylation is 1. The number of nitrogens with zero attached hydrogens (tertiary/aromatic N) is 2. The van der Waals surface area contributed by atoms with Crippen molar-refractivity contribution in [3.8, 4) is 17.1 Å². The van der Waals surface area contributed by atoms with Crippen LogP contribution in [0.15, 0.2) is 24.3 Å². The molecule has 0 fully saturated rings. The summed E-state index contributed by atoms with van der Waals surface area (Å²) in [4.78, 5) is 7.97. The summed E-state index contributed by atoms with van der Waals surface area (Å²) in [5.74, 6) is 0.360. The van der Waals surface area contributed by atoms with Crippen molar-refractivity contribution in [2.75, 3.05) is 12.8 Å². The Morgan fingerprint density at radius 2 is 2.06 bits per heavy atom. The second kappa shape index (κ2) is 4.37. The van der Waals surface area contributed by atoms with Crippen molar-refractivity contribution >= 4 is 5.82 Å². The highest BCUT2D eigenvalue weighted by Crippen LogP contribution is 2.22. The van der Waals surface area contributed by atoms with E-state index >= 15 is 0 Å². The van der Waals surface area contributed by atoms with Crippen LogP contribution in [-0.2, 0) is 0 Å². The molecule has 88 valence electrons. The number of nitrogen functional groups attached to an aromatic ring is 1. The second-order valence-corrected chi connectivity index (χ2v) is 3.56. The molecule has 4 nitrogen and oxygen atoms in total. The van der Waals surface area contributed by atoms with Crippen molar-refractivity contribution in [3.05, 3.63) is 35.8 Å². The Morgan fingerprint density at radius 1 is 1.29 bits per heavy atom. The molecule has 0 saturated carbocycles. The number of halogens is 1. The predicted molar refractivity (Wildman–Crippen MR) is 63.1 cm³/mol. The van der Waals surface area contributed by atoms with Crippen molar-refractivity contribution in [2.45, 2.75) is 6.92 Å². The lowest BCUT2D eigenvalue weighted by Crippen LogP contribution is -2.02. The summed E-state index contributed by atoms with van der Waals surface area (Å²) in [6.07, 6.45) is 0. The van der Waals surface area contributed by atoms with Gasteiger partial charge >= 0.3 is 0 Å². The molecule has 0 radical (unpaired) electrons. The average molecular weight is 233 g/mol. The first-order valence-corrected chi connectivity index (χ1v) is 5.06. The van der Waals surface area contributed by atoms with E-state index < -0.39 is 5.82 Å². The molecule has 1 aromatic carbocycles. The third kappa shape index (κ3) is 2.18. The molecule has 0 aliphatic carbocycles. The average Bonchev–Trinajstić information content (AvgIpc) is 2.35. The van der Waals surface area contributed by atoms with E-state index in [1.807, 2.05) is 18.2 Å². The van der Waals surface area contributed by atoms with Crippen molar-refractivity contribution in [1.29, 1.82) is 0 Å². The molecule has 0 unspecified atom stereocenters. The molecule has 2 rings (SSSR count). The normalized spacial score (nSPS) is 10.3. The van der Waals surface area contributed by atoms with Crippen LogP contribution in [0.1, 0.15) is 5.69 Å². The number of aromatic nitrogens is 2. The zero-order valence-corrected chi connectivity index (χ0v) is 9.57. The topological polar surface area (TPSA) is 61.0 Å². The Labute approximate surface area is 98.3 Å². The van der Waals surface area contributed by atoms with E-state index in [4.69, 9.17) is 10.5 Å². The van der Waals surface area contributed by atoms with Gasteiger partial charge in [-0.25, -0.2) is 14.4 Å². The van der Waals surface area contributed by atoms with Gasteiger partial charge in [0.15, 0.2) is 17.5 Å². The molecular weight excluding hydrogens is 221 g/mol. The predicted octanol–water partition coefficient (Wildman–Crippen LogP) is 2.18. The first-order valence-electron chi connectivity index (χ1n) is 5.06. The van der Waals surface area contributed by atoms with Gasteiger partial charge in [-0.1, -0.05) is 12.1 Å². The summed E-state index contributed by atoms with van der Waals surface area (Å²) in [6, 6.07) is 7.20. The number of methoxy groups -OCH3 is 1. The minimum Gasteiger partial charge on any atom is -0.497 e. The minimum atomic E-state index is -0.573. The maximum Gasteiger partial charge on any atom is 0.186 e. The lowest BCUT2D eigenvalue weighted by Gasteiger charge is -2.06. The maximum atomic E-state index is 13.3. The zero-order chi connectivity index (χ0) is 12.4. The summed E-state index contributed by atoms with van der Waals surface area (Å²) < 4.78 is 18.4. The highest BCUT2D eigenvalue weighted by Gasteiger charge is 2.10. The van der Waals surface area contributed by atoms with Crippen LogP contribution in [0, 0.1) is 12.7 Å². The van der Waals surface area contributed by atoms with E-state index in [0.29, 0.717) is 11.6 Å². The van der Waals surface area contributed by atoms with Crippen LogP contribution in [0.25, 0.3) is 11.4 Å². The molecular formula is C12H12FN3O. The maximum absolute atomic E-state index is 13.3. The fraction of sp³-hybridized carbons (Fsp3) is 0.167. The smallest absolute Gasteiger partial charge is 0.186 e. The summed E-state index contributed by atoms with van der Waals surface area (Å²) in [6.45, 7) is 1.55. The molecule has 5 heteroatoms. The quantitative estimate of drug-likeness (QED) is 0.863. The molecule has 0 aliphatic heterocycles. The molecule has 0 amide bonds. The van der Waals surface area contributed by atoms with Crippen LogP contribution >= 0.6 is 0 Å². The van der Waals surface area contributed by atoms with Gasteiger partial charge in [-0.2, -0.15) is 0 Å². The van der Waals surface area contributed by atoms with Crippen LogP contribution in [0.4, 0.5) is 10.2 Å². The Hall–Kier alpha value is -2.17. The fourth-order valence-corrected chi connectivity index (χ4v) is 1.47. The Kier molecular flexibility index (Phi) is 2.91. The van der Waals surface area contributed by atoms with Gasteiger partial charge in [0.2, 0.25) is 0 Å². The van der Waals surface area contributed by atoms with Crippen molar-refractivity contribution < 1.29 is 9.13 Å². The number of ether oxygens (including phenoxy) is 1. The van der Waals surface area contributed by atoms with Crippen LogP contribution in [0.5, 0.6) is 5.75 Å². The molecule has 2 aromatic rings. The largest absolute Gasteiger partial charge is 0.497 e. The van der Waals surface area contributed by atoms with Crippen LogP contribution in [-0.4, -0.2) is 17.1 Å². The first kappa shape index (κ1) is 11.3. The van der Waals surface area contributed by atoms with E-state index in [1.54, 1.807) is 20.1 Å². The van der Waals surface area contributed by atoms with Crippen molar-refractivity contribution in [2.24, 2.45) is 0 Å². The van der Waals surface area contributed by atoms with Gasteiger partial charge in [-0.05, 0) is 19.1 Å².